The average Bonchev–Trinajstić information content (AvgIpc) is 3.42. The van der Waals surface area contributed by atoms with Gasteiger partial charge in [0.15, 0.2) is 0 Å². The lowest BCUT2D eigenvalue weighted by Crippen LogP contribution is -2.16. The van der Waals surface area contributed by atoms with Crippen LogP contribution >= 0.6 is 23.5 Å². The Balaban J connectivity index is 1.06. The second kappa shape index (κ2) is 14.9. The Labute approximate surface area is 331 Å². The zero-order valence-electron chi connectivity index (χ0n) is 30.0. The fraction of sp³-hybridized carbons (Fsp3) is 0.116. The Kier molecular flexibility index (Phi) is 10.3. The number of halogens is 6. The molecule has 0 radical (unpaired) electrons. The second-order valence-electron chi connectivity index (χ2n) is 13.6. The van der Waals surface area contributed by atoms with E-state index < -0.39 is 28.9 Å². The van der Waals surface area contributed by atoms with E-state index in [1.54, 1.807) is 48.5 Å². The van der Waals surface area contributed by atoms with Crippen molar-refractivity contribution < 1.29 is 26.3 Å². The zero-order valence-corrected chi connectivity index (χ0v) is 31.7. The van der Waals surface area contributed by atoms with Crippen LogP contribution in [0, 0.1) is 21.6 Å². The first-order valence-corrected chi connectivity index (χ1v) is 18.8. The maximum Gasteiger partial charge on any atom is 0.416 e. The van der Waals surface area contributed by atoms with Crippen molar-refractivity contribution in [2.45, 2.75) is 31.6 Å². The van der Waals surface area contributed by atoms with E-state index in [-0.39, 0.29) is 54.1 Å². The monoisotopic (exact) mass is 808 g/mol. The molecule has 7 rings (SSSR count). The summed E-state index contributed by atoms with van der Waals surface area (Å²) in [4.78, 5) is 8.85. The molecule has 4 N–H and O–H groups in total. The largest absolute Gasteiger partial charge is 0.416 e. The van der Waals surface area contributed by atoms with Gasteiger partial charge in [-0.15, -0.1) is 0 Å². The molecule has 14 heteroatoms. The van der Waals surface area contributed by atoms with Gasteiger partial charge in [-0.25, -0.2) is 9.97 Å². The highest BCUT2D eigenvalue weighted by molar-refractivity contribution is 8.27. The molecule has 1 aliphatic rings. The molecule has 2 aromatic heterocycles. The van der Waals surface area contributed by atoms with Crippen LogP contribution in [0.5, 0.6) is 0 Å². The molecule has 0 spiro atoms. The van der Waals surface area contributed by atoms with Crippen LogP contribution in [0.15, 0.2) is 121 Å². The minimum Gasteiger partial charge on any atom is -0.293 e. The fourth-order valence-corrected chi connectivity index (χ4v) is 7.93. The number of fused-ring (bicyclic) bond motifs is 3. The molecule has 2 heterocycles. The Morgan fingerprint density at radius 1 is 0.491 bits per heavy atom. The smallest absolute Gasteiger partial charge is 0.293 e. The Morgan fingerprint density at radius 2 is 0.877 bits per heavy atom. The maximum absolute atomic E-state index is 13.3. The molecule has 286 valence electrons. The van der Waals surface area contributed by atoms with Crippen molar-refractivity contribution in [2.24, 2.45) is 0 Å². The van der Waals surface area contributed by atoms with Crippen molar-refractivity contribution in [2.75, 3.05) is 0 Å². The quantitative estimate of drug-likeness (QED) is 0.0760. The summed E-state index contributed by atoms with van der Waals surface area (Å²) in [7, 11) is 0. The lowest BCUT2D eigenvalue weighted by Gasteiger charge is -2.22. The molecule has 1 aliphatic carbocycles. The molecule has 0 amide bonds. The average molecular weight is 809 g/mol. The van der Waals surface area contributed by atoms with Gasteiger partial charge in [0.05, 0.1) is 33.9 Å². The van der Waals surface area contributed by atoms with Crippen LogP contribution in [-0.2, 0) is 17.8 Å². The predicted octanol–water partition coefficient (Wildman–Crippen LogP) is 12.3. The minimum atomic E-state index is -4.51. The molecule has 0 unspecified atom stereocenters. The van der Waals surface area contributed by atoms with Gasteiger partial charge in [-0.2, -0.15) is 26.3 Å². The third-order valence-electron chi connectivity index (χ3n) is 9.54. The first kappa shape index (κ1) is 39.4. The van der Waals surface area contributed by atoms with Crippen LogP contribution in [0.1, 0.15) is 58.6 Å². The van der Waals surface area contributed by atoms with E-state index in [0.29, 0.717) is 11.1 Å². The van der Waals surface area contributed by atoms with Gasteiger partial charge in [-0.1, -0.05) is 74.5 Å². The van der Waals surface area contributed by atoms with Crippen LogP contribution in [0.4, 0.5) is 26.3 Å². The normalized spacial score (nSPS) is 13.1. The number of hydrogen-bond donors (Lipinski definition) is 4. The van der Waals surface area contributed by atoms with Gasteiger partial charge in [0.1, 0.15) is 20.2 Å². The highest BCUT2D eigenvalue weighted by Crippen LogP contribution is 2.49. The fourth-order valence-electron chi connectivity index (χ4n) is 6.60. The van der Waals surface area contributed by atoms with Gasteiger partial charge in [0, 0.05) is 27.7 Å². The lowest BCUT2D eigenvalue weighted by molar-refractivity contribution is -0.138. The van der Waals surface area contributed by atoms with Crippen molar-refractivity contribution in [1.29, 1.82) is 21.6 Å². The number of pyridine rings is 2. The number of aromatic nitrogens is 2. The van der Waals surface area contributed by atoms with Gasteiger partial charge in [-0.05, 0) is 106 Å². The molecule has 0 atom stereocenters. The summed E-state index contributed by atoms with van der Waals surface area (Å²) in [6, 6.07) is 30.4. The Morgan fingerprint density at radius 3 is 1.26 bits per heavy atom. The molecular weight excluding hydrogens is 779 g/mol. The van der Waals surface area contributed by atoms with Crippen LogP contribution in [0.25, 0.3) is 33.6 Å². The zero-order chi connectivity index (χ0) is 40.9. The Bertz CT molecular complexity index is 2450. The van der Waals surface area contributed by atoms with Gasteiger partial charge >= 0.3 is 12.4 Å². The van der Waals surface area contributed by atoms with E-state index in [1.807, 2.05) is 38.1 Å². The topological polar surface area (TPSA) is 121 Å². The van der Waals surface area contributed by atoms with E-state index in [1.165, 1.54) is 24.3 Å². The number of nitrogens with one attached hydrogen (secondary N) is 4. The summed E-state index contributed by atoms with van der Waals surface area (Å²) in [6.45, 7) is 4.07. The molecule has 0 fully saturated rings. The van der Waals surface area contributed by atoms with Crippen LogP contribution in [0.3, 0.4) is 0 Å². The number of thioether (sulfide) groups is 2. The second-order valence-corrected chi connectivity index (χ2v) is 15.7. The standard InChI is InChI=1S/C43H30F6N6S2/c1-41(2)31-21-25(37(50)56-39(52)35-13-5-11-33(54-35)23-7-3-9-27(19-23)42(44,45)46)15-17-29(31)30-18-16-26(22-32(30)41)38(51)57-40(53)36-14-6-12-34(55-36)24-8-4-10-28(20-24)43(47,48)49/h3-22,50-53H,1-2H3. The van der Waals surface area contributed by atoms with E-state index in [2.05, 4.69) is 9.97 Å². The Hall–Kier alpha value is -5.86. The summed E-state index contributed by atoms with van der Waals surface area (Å²) < 4.78 is 79.9. The van der Waals surface area contributed by atoms with E-state index in [4.69, 9.17) is 21.6 Å². The van der Waals surface area contributed by atoms with Crippen molar-refractivity contribution in [3.05, 3.63) is 166 Å². The molecular formula is C43H30F6N6S2. The first-order valence-electron chi connectivity index (χ1n) is 17.2. The van der Waals surface area contributed by atoms with Crippen LogP contribution in [-0.4, -0.2) is 30.1 Å². The minimum absolute atomic E-state index is 0.0410. The van der Waals surface area contributed by atoms with Crippen molar-refractivity contribution >= 4 is 43.7 Å². The van der Waals surface area contributed by atoms with E-state index >= 15 is 0 Å². The van der Waals surface area contributed by atoms with E-state index in [9.17, 15) is 26.3 Å². The van der Waals surface area contributed by atoms with Crippen molar-refractivity contribution in [1.82, 2.24) is 9.97 Å². The van der Waals surface area contributed by atoms with Crippen LogP contribution < -0.4 is 0 Å². The van der Waals surface area contributed by atoms with Gasteiger partial charge in [0.25, 0.3) is 0 Å². The summed E-state index contributed by atoms with van der Waals surface area (Å²) >= 11 is 1.76. The lowest BCUT2D eigenvalue weighted by atomic mass is 9.81. The summed E-state index contributed by atoms with van der Waals surface area (Å²) in [5.41, 5.74) is 4.27. The first-order chi connectivity index (χ1) is 26.9. The van der Waals surface area contributed by atoms with Gasteiger partial charge < -0.3 is 0 Å². The third kappa shape index (κ3) is 8.05. The van der Waals surface area contributed by atoms with Crippen molar-refractivity contribution in [3.8, 4) is 33.6 Å². The van der Waals surface area contributed by atoms with E-state index in [0.717, 1.165) is 70.0 Å². The van der Waals surface area contributed by atoms with Gasteiger partial charge in [0.2, 0.25) is 0 Å². The highest BCUT2D eigenvalue weighted by Gasteiger charge is 2.37. The van der Waals surface area contributed by atoms with Crippen molar-refractivity contribution in [3.63, 3.8) is 0 Å². The number of benzene rings is 4. The summed E-state index contributed by atoms with van der Waals surface area (Å²) in [5.74, 6) is 0. The number of nitrogens with zero attached hydrogens (tertiary/aromatic N) is 2. The number of alkyl halides is 6. The molecule has 0 aliphatic heterocycles. The maximum atomic E-state index is 13.3. The molecule has 6 nitrogen and oxygen atoms in total. The number of rotatable bonds is 6. The molecule has 0 saturated carbocycles. The molecule has 0 bridgehead atoms. The summed E-state index contributed by atoms with van der Waals surface area (Å²) in [5, 5.41) is 35.2. The molecule has 6 aromatic rings. The van der Waals surface area contributed by atoms with Crippen LogP contribution in [0.2, 0.25) is 0 Å². The molecule has 57 heavy (non-hydrogen) atoms. The summed E-state index contributed by atoms with van der Waals surface area (Å²) in [6.07, 6.45) is -9.02. The predicted molar refractivity (Wildman–Crippen MR) is 216 cm³/mol. The molecule has 4 aromatic carbocycles. The third-order valence-corrected chi connectivity index (χ3v) is 11.2. The van der Waals surface area contributed by atoms with Gasteiger partial charge in [-0.3, -0.25) is 21.6 Å². The molecule has 0 saturated heterocycles. The SMILES string of the molecule is CC1(C)c2cc(C(=N)SC(=N)c3cccc(-c4cccc(C(F)(F)F)c4)n3)ccc2-c2ccc(C(=N)SC(=N)c3cccc(-c4cccc(C(F)(F)F)c4)n3)cc21. The highest BCUT2D eigenvalue weighted by atomic mass is 32.2. The number of hydrogen-bond acceptors (Lipinski definition) is 8.